The van der Waals surface area contributed by atoms with E-state index in [9.17, 15) is 4.39 Å². The van der Waals surface area contributed by atoms with E-state index >= 15 is 0 Å². The van der Waals surface area contributed by atoms with Crippen LogP contribution in [0.15, 0.2) is 42.5 Å². The van der Waals surface area contributed by atoms with Gasteiger partial charge in [-0.05, 0) is 54.8 Å². The van der Waals surface area contributed by atoms with Crippen molar-refractivity contribution in [3.8, 4) is 0 Å². The van der Waals surface area contributed by atoms with Gasteiger partial charge in [0.2, 0.25) is 0 Å². The van der Waals surface area contributed by atoms with Crippen LogP contribution in [0.25, 0.3) is 0 Å². The number of piperazine rings is 1. The lowest BCUT2D eigenvalue weighted by atomic mass is 10.1. The van der Waals surface area contributed by atoms with E-state index in [4.69, 9.17) is 23.1 Å². The summed E-state index contributed by atoms with van der Waals surface area (Å²) in [5.41, 5.74) is 15.0. The largest absolute Gasteiger partial charge is 0.397 e. The third-order valence-corrected chi connectivity index (χ3v) is 5.22. The summed E-state index contributed by atoms with van der Waals surface area (Å²) in [7, 11) is 0. The number of aryl methyl sites for hydroxylation is 1. The highest BCUT2D eigenvalue weighted by Gasteiger charge is 2.22. The molecular weight excluding hydrogens is 339 g/mol. The maximum atomic E-state index is 13.0. The van der Waals surface area contributed by atoms with Crippen LogP contribution >= 0.6 is 11.6 Å². The van der Waals surface area contributed by atoms with Crippen LogP contribution in [0.2, 0.25) is 0 Å². The summed E-state index contributed by atoms with van der Waals surface area (Å²) < 4.78 is 13.0. The lowest BCUT2D eigenvalue weighted by Crippen LogP contribution is -2.49. The van der Waals surface area contributed by atoms with Crippen molar-refractivity contribution in [1.29, 1.82) is 0 Å². The van der Waals surface area contributed by atoms with Gasteiger partial charge in [0, 0.05) is 31.9 Å². The van der Waals surface area contributed by atoms with E-state index in [1.54, 1.807) is 0 Å². The highest BCUT2D eigenvalue weighted by atomic mass is 35.5. The molecule has 1 aliphatic rings. The fourth-order valence-corrected chi connectivity index (χ4v) is 3.46. The van der Waals surface area contributed by atoms with Crippen LogP contribution in [0.1, 0.15) is 12.0 Å². The molecule has 0 amide bonds. The van der Waals surface area contributed by atoms with Crippen LogP contribution < -0.4 is 16.4 Å². The first-order valence-corrected chi connectivity index (χ1v) is 8.99. The molecule has 0 aliphatic carbocycles. The number of halogens is 2. The minimum absolute atomic E-state index is 0.00542. The summed E-state index contributed by atoms with van der Waals surface area (Å²) >= 11 is 6.60. The fourth-order valence-electron chi connectivity index (χ4n) is 3.16. The maximum Gasteiger partial charge on any atom is 0.123 e. The SMILES string of the molecule is Nc1ccc(CCC(Cl)N2CCN(c3ccc(F)cc3)CC2)cc1N. The molecule has 1 fully saturated rings. The number of benzene rings is 2. The molecule has 134 valence electrons. The Labute approximate surface area is 153 Å². The second kappa shape index (κ2) is 7.93. The van der Waals surface area contributed by atoms with Crippen molar-refractivity contribution in [3.05, 3.63) is 53.8 Å². The molecule has 1 atom stereocenters. The van der Waals surface area contributed by atoms with E-state index in [-0.39, 0.29) is 11.3 Å². The van der Waals surface area contributed by atoms with Crippen molar-refractivity contribution in [2.24, 2.45) is 0 Å². The predicted molar refractivity (Wildman–Crippen MR) is 103 cm³/mol. The first-order chi connectivity index (χ1) is 12.0. The van der Waals surface area contributed by atoms with E-state index in [1.807, 2.05) is 30.3 Å². The third kappa shape index (κ3) is 4.55. The standard InChI is InChI=1S/C19H24ClFN4/c20-19(8-2-14-1-7-17(22)18(23)13-14)25-11-9-24(10-12-25)16-5-3-15(21)4-6-16/h1,3-7,13,19H,2,8-12,22-23H2. The molecule has 6 heteroatoms. The summed E-state index contributed by atoms with van der Waals surface area (Å²) in [4.78, 5) is 4.56. The van der Waals surface area contributed by atoms with Crippen LogP contribution in [0, 0.1) is 5.82 Å². The Morgan fingerprint density at radius 1 is 0.960 bits per heavy atom. The van der Waals surface area contributed by atoms with Crippen molar-refractivity contribution in [1.82, 2.24) is 4.90 Å². The summed E-state index contributed by atoms with van der Waals surface area (Å²) in [5, 5.41) is 0. The number of alkyl halides is 1. The van der Waals surface area contributed by atoms with Crippen LogP contribution in [0.4, 0.5) is 21.5 Å². The fraction of sp³-hybridized carbons (Fsp3) is 0.368. The molecule has 0 radical (unpaired) electrons. The van der Waals surface area contributed by atoms with Gasteiger partial charge in [-0.2, -0.15) is 0 Å². The second-order valence-corrected chi connectivity index (χ2v) is 6.94. The molecule has 0 spiro atoms. The number of nitrogens with two attached hydrogens (primary N) is 2. The van der Waals surface area contributed by atoms with Gasteiger partial charge >= 0.3 is 0 Å². The van der Waals surface area contributed by atoms with E-state index < -0.39 is 0 Å². The molecule has 4 N–H and O–H groups in total. The quantitative estimate of drug-likeness (QED) is 0.486. The Hall–Kier alpha value is -1.98. The zero-order valence-electron chi connectivity index (χ0n) is 14.2. The van der Waals surface area contributed by atoms with Crippen LogP contribution in [-0.2, 0) is 6.42 Å². The first kappa shape index (κ1) is 17.8. The van der Waals surface area contributed by atoms with E-state index in [0.717, 1.165) is 50.3 Å². The Morgan fingerprint density at radius 2 is 1.64 bits per heavy atom. The number of hydrogen-bond acceptors (Lipinski definition) is 4. The minimum atomic E-state index is -0.202. The smallest absolute Gasteiger partial charge is 0.123 e. The Balaban J connectivity index is 1.48. The second-order valence-electron chi connectivity index (χ2n) is 6.44. The van der Waals surface area contributed by atoms with Gasteiger partial charge in [0.15, 0.2) is 0 Å². The highest BCUT2D eigenvalue weighted by Crippen LogP contribution is 2.22. The van der Waals surface area contributed by atoms with Gasteiger partial charge in [-0.3, -0.25) is 4.90 Å². The molecular formula is C19H24ClFN4. The topological polar surface area (TPSA) is 58.5 Å². The molecule has 1 aliphatic heterocycles. The van der Waals surface area contributed by atoms with Crippen molar-refractivity contribution in [2.45, 2.75) is 18.3 Å². The lowest BCUT2D eigenvalue weighted by Gasteiger charge is -2.38. The van der Waals surface area contributed by atoms with E-state index in [2.05, 4.69) is 9.80 Å². The number of hydrogen-bond donors (Lipinski definition) is 2. The Kier molecular flexibility index (Phi) is 5.66. The van der Waals surface area contributed by atoms with Crippen molar-refractivity contribution in [3.63, 3.8) is 0 Å². The van der Waals surface area contributed by atoms with Crippen LogP contribution in [0.5, 0.6) is 0 Å². The molecule has 2 aromatic rings. The molecule has 2 aromatic carbocycles. The predicted octanol–water partition coefficient (Wildman–Crippen LogP) is 3.31. The molecule has 0 bridgehead atoms. The van der Waals surface area contributed by atoms with Gasteiger partial charge in [-0.25, -0.2) is 4.39 Å². The third-order valence-electron chi connectivity index (χ3n) is 4.72. The summed E-state index contributed by atoms with van der Waals surface area (Å²) in [5.74, 6) is -0.202. The monoisotopic (exact) mass is 362 g/mol. The molecule has 1 saturated heterocycles. The van der Waals surface area contributed by atoms with Gasteiger partial charge in [0.05, 0.1) is 16.9 Å². The zero-order chi connectivity index (χ0) is 17.8. The summed E-state index contributed by atoms with van der Waals surface area (Å²) in [6, 6.07) is 12.4. The van der Waals surface area contributed by atoms with Gasteiger partial charge in [-0.1, -0.05) is 6.07 Å². The van der Waals surface area contributed by atoms with Gasteiger partial charge in [0.25, 0.3) is 0 Å². The Morgan fingerprint density at radius 3 is 2.28 bits per heavy atom. The molecule has 1 heterocycles. The summed E-state index contributed by atoms with van der Waals surface area (Å²) in [6.45, 7) is 3.58. The first-order valence-electron chi connectivity index (χ1n) is 8.55. The van der Waals surface area contributed by atoms with Crippen LogP contribution in [0.3, 0.4) is 0 Å². The van der Waals surface area contributed by atoms with E-state index in [1.165, 1.54) is 12.1 Å². The maximum absolute atomic E-state index is 13.0. The number of nitrogen functional groups attached to an aromatic ring is 2. The lowest BCUT2D eigenvalue weighted by molar-refractivity contribution is 0.229. The number of nitrogens with zero attached hydrogens (tertiary/aromatic N) is 2. The highest BCUT2D eigenvalue weighted by molar-refractivity contribution is 6.20. The minimum Gasteiger partial charge on any atom is -0.397 e. The van der Waals surface area contributed by atoms with Crippen LogP contribution in [-0.4, -0.2) is 36.6 Å². The van der Waals surface area contributed by atoms with E-state index in [0.29, 0.717) is 11.4 Å². The van der Waals surface area contributed by atoms with Crippen molar-refractivity contribution < 1.29 is 4.39 Å². The van der Waals surface area contributed by atoms with Gasteiger partial charge < -0.3 is 16.4 Å². The Bertz CT molecular complexity index is 699. The normalized spacial score (nSPS) is 16.8. The number of rotatable bonds is 5. The molecule has 0 saturated carbocycles. The average Bonchev–Trinajstić information content (AvgIpc) is 2.63. The molecule has 0 aromatic heterocycles. The molecule has 1 unspecified atom stereocenters. The van der Waals surface area contributed by atoms with Crippen molar-refractivity contribution >= 4 is 28.7 Å². The molecule has 3 rings (SSSR count). The average molecular weight is 363 g/mol. The summed E-state index contributed by atoms with van der Waals surface area (Å²) in [6.07, 6.45) is 1.73. The zero-order valence-corrected chi connectivity index (χ0v) is 14.9. The van der Waals surface area contributed by atoms with Crippen molar-refractivity contribution in [2.75, 3.05) is 42.5 Å². The van der Waals surface area contributed by atoms with Gasteiger partial charge in [0.1, 0.15) is 5.82 Å². The number of anilines is 3. The molecule has 25 heavy (non-hydrogen) atoms. The van der Waals surface area contributed by atoms with Gasteiger partial charge in [-0.15, -0.1) is 11.6 Å². The molecule has 4 nitrogen and oxygen atoms in total.